The van der Waals surface area contributed by atoms with Crippen molar-refractivity contribution in [1.82, 2.24) is 4.98 Å². The fourth-order valence-corrected chi connectivity index (χ4v) is 5.26. The molecule has 5 rings (SSSR count). The molecule has 1 fully saturated rings. The van der Waals surface area contributed by atoms with Gasteiger partial charge in [0.2, 0.25) is 0 Å². The molecule has 4 aromatic rings. The third-order valence-electron chi connectivity index (χ3n) is 6.03. The fourth-order valence-electron chi connectivity index (χ4n) is 4.24. The van der Waals surface area contributed by atoms with Crippen molar-refractivity contribution >= 4 is 44.1 Å². The van der Waals surface area contributed by atoms with Crippen LogP contribution in [0.15, 0.2) is 72.3 Å². The SMILES string of the molecule is COc1ccc(C(O)=C2C(=O)C(=O)N(c3nc4ccc(OC)cc4s3)[C@H]2c2ccccc2OC)cc1. The normalized spacial score (nSPS) is 17.0. The lowest BCUT2D eigenvalue weighted by atomic mass is 9.94. The predicted octanol–water partition coefficient (Wildman–Crippen LogP) is 4.95. The Morgan fingerprint density at radius 3 is 2.31 bits per heavy atom. The van der Waals surface area contributed by atoms with Crippen molar-refractivity contribution < 1.29 is 28.9 Å². The number of anilines is 1. The minimum atomic E-state index is -0.953. The van der Waals surface area contributed by atoms with E-state index in [1.54, 1.807) is 67.8 Å². The van der Waals surface area contributed by atoms with Crippen LogP contribution in [0.5, 0.6) is 17.2 Å². The number of ether oxygens (including phenoxy) is 3. The summed E-state index contributed by atoms with van der Waals surface area (Å²) in [5.74, 6) is -0.170. The lowest BCUT2D eigenvalue weighted by Crippen LogP contribution is -2.29. The van der Waals surface area contributed by atoms with Gasteiger partial charge in [-0.25, -0.2) is 4.98 Å². The second-order valence-corrected chi connectivity index (χ2v) is 8.98. The molecule has 0 aliphatic carbocycles. The van der Waals surface area contributed by atoms with Crippen molar-refractivity contribution in [3.63, 3.8) is 0 Å². The molecule has 1 amide bonds. The molecule has 36 heavy (non-hydrogen) atoms. The zero-order valence-electron chi connectivity index (χ0n) is 19.7. The number of methoxy groups -OCH3 is 3. The van der Waals surface area contributed by atoms with Crippen LogP contribution in [0, 0.1) is 0 Å². The largest absolute Gasteiger partial charge is 0.507 e. The molecule has 0 unspecified atom stereocenters. The van der Waals surface area contributed by atoms with Crippen LogP contribution in [-0.4, -0.2) is 43.1 Å². The van der Waals surface area contributed by atoms with E-state index in [1.807, 2.05) is 6.07 Å². The van der Waals surface area contributed by atoms with Crippen LogP contribution in [0.1, 0.15) is 17.2 Å². The summed E-state index contributed by atoms with van der Waals surface area (Å²) in [6.07, 6.45) is 0. The predicted molar refractivity (Wildman–Crippen MR) is 137 cm³/mol. The summed E-state index contributed by atoms with van der Waals surface area (Å²) in [4.78, 5) is 32.8. The molecule has 8 nitrogen and oxygen atoms in total. The number of aromatic nitrogens is 1. The highest BCUT2D eigenvalue weighted by Gasteiger charge is 2.49. The number of carbonyl (C=O) groups excluding carboxylic acids is 2. The van der Waals surface area contributed by atoms with Crippen LogP contribution in [0.25, 0.3) is 16.0 Å². The Morgan fingerprint density at radius 1 is 0.917 bits per heavy atom. The van der Waals surface area contributed by atoms with Crippen molar-refractivity contribution in [2.45, 2.75) is 6.04 Å². The second kappa shape index (κ2) is 9.35. The van der Waals surface area contributed by atoms with Gasteiger partial charge in [0, 0.05) is 11.1 Å². The Bertz CT molecular complexity index is 1510. The summed E-state index contributed by atoms with van der Waals surface area (Å²) in [5.41, 5.74) is 1.53. The van der Waals surface area contributed by atoms with Crippen molar-refractivity contribution in [1.29, 1.82) is 0 Å². The Kier molecular flexibility index (Phi) is 6.07. The second-order valence-electron chi connectivity index (χ2n) is 7.97. The molecular formula is C27H22N2O6S. The lowest BCUT2D eigenvalue weighted by molar-refractivity contribution is -0.132. The van der Waals surface area contributed by atoms with Crippen LogP contribution in [0.3, 0.4) is 0 Å². The summed E-state index contributed by atoms with van der Waals surface area (Å²) in [7, 11) is 4.62. The maximum atomic E-state index is 13.4. The zero-order chi connectivity index (χ0) is 25.4. The van der Waals surface area contributed by atoms with E-state index in [4.69, 9.17) is 14.2 Å². The van der Waals surface area contributed by atoms with Crippen LogP contribution >= 0.6 is 11.3 Å². The Balaban J connectivity index is 1.73. The van der Waals surface area contributed by atoms with Gasteiger partial charge in [0.1, 0.15) is 29.0 Å². The molecule has 0 saturated carbocycles. The van der Waals surface area contributed by atoms with Gasteiger partial charge in [0.15, 0.2) is 5.13 Å². The number of hydrogen-bond donors (Lipinski definition) is 1. The van der Waals surface area contributed by atoms with Crippen LogP contribution in [0.4, 0.5) is 5.13 Å². The molecule has 0 bridgehead atoms. The van der Waals surface area contributed by atoms with E-state index < -0.39 is 17.7 Å². The van der Waals surface area contributed by atoms with Gasteiger partial charge >= 0.3 is 5.91 Å². The van der Waals surface area contributed by atoms with E-state index in [0.717, 1.165) is 4.70 Å². The first-order valence-electron chi connectivity index (χ1n) is 11.0. The number of carbonyl (C=O) groups is 2. The molecule has 0 spiro atoms. The van der Waals surface area contributed by atoms with Crippen LogP contribution < -0.4 is 19.1 Å². The molecule has 2 heterocycles. The standard InChI is InChI=1S/C27H22N2O6S/c1-33-16-10-8-15(9-11-16)24(30)22-23(18-6-4-5-7-20(18)35-3)29(26(32)25(22)31)27-28-19-13-12-17(34-2)14-21(19)36-27/h4-14,23,30H,1-3H3/t23-/m0/s1. The van der Waals surface area contributed by atoms with Gasteiger partial charge in [0.05, 0.1) is 37.1 Å². The third kappa shape index (κ3) is 3.83. The van der Waals surface area contributed by atoms with E-state index in [1.165, 1.54) is 30.5 Å². The number of aliphatic hydroxyl groups is 1. The van der Waals surface area contributed by atoms with Gasteiger partial charge in [0.25, 0.3) is 5.78 Å². The molecular weight excluding hydrogens is 480 g/mol. The van der Waals surface area contributed by atoms with E-state index in [9.17, 15) is 14.7 Å². The maximum Gasteiger partial charge on any atom is 0.301 e. The number of amides is 1. The van der Waals surface area contributed by atoms with Crippen molar-refractivity contribution in [2.75, 3.05) is 26.2 Å². The van der Waals surface area contributed by atoms with Gasteiger partial charge in [-0.05, 0) is 48.5 Å². The highest BCUT2D eigenvalue weighted by Crippen LogP contribution is 2.46. The minimum Gasteiger partial charge on any atom is -0.507 e. The number of aliphatic hydroxyl groups excluding tert-OH is 1. The topological polar surface area (TPSA) is 98.2 Å². The summed E-state index contributed by atoms with van der Waals surface area (Å²) in [6, 6.07) is 18.1. The lowest BCUT2D eigenvalue weighted by Gasteiger charge is -2.24. The van der Waals surface area contributed by atoms with Gasteiger partial charge < -0.3 is 19.3 Å². The molecule has 0 radical (unpaired) electrons. The van der Waals surface area contributed by atoms with Gasteiger partial charge in [-0.2, -0.15) is 0 Å². The van der Waals surface area contributed by atoms with Crippen molar-refractivity contribution in [2.24, 2.45) is 0 Å². The smallest absolute Gasteiger partial charge is 0.301 e. The first kappa shape index (κ1) is 23.4. The zero-order valence-corrected chi connectivity index (χ0v) is 20.5. The van der Waals surface area contributed by atoms with Gasteiger partial charge in [-0.3, -0.25) is 14.5 Å². The van der Waals surface area contributed by atoms with E-state index in [2.05, 4.69) is 4.98 Å². The average Bonchev–Trinajstić information content (AvgIpc) is 3.45. The summed E-state index contributed by atoms with van der Waals surface area (Å²) < 4.78 is 16.9. The van der Waals surface area contributed by atoms with E-state index in [-0.39, 0.29) is 11.3 Å². The Hall–Kier alpha value is -4.37. The van der Waals surface area contributed by atoms with Crippen LogP contribution in [0.2, 0.25) is 0 Å². The molecule has 9 heteroatoms. The van der Waals surface area contributed by atoms with Crippen molar-refractivity contribution in [3.8, 4) is 17.2 Å². The number of ketones is 1. The van der Waals surface area contributed by atoms with Gasteiger partial charge in [-0.1, -0.05) is 29.5 Å². The molecule has 3 aromatic carbocycles. The van der Waals surface area contributed by atoms with Crippen LogP contribution in [-0.2, 0) is 9.59 Å². The molecule has 1 saturated heterocycles. The summed E-state index contributed by atoms with van der Waals surface area (Å²) >= 11 is 1.26. The quantitative estimate of drug-likeness (QED) is 0.226. The fraction of sp³-hybridized carbons (Fsp3) is 0.148. The highest BCUT2D eigenvalue weighted by molar-refractivity contribution is 7.22. The van der Waals surface area contributed by atoms with E-state index >= 15 is 0 Å². The molecule has 182 valence electrons. The Morgan fingerprint density at radius 2 is 1.61 bits per heavy atom. The summed E-state index contributed by atoms with van der Waals surface area (Å²) in [5, 5.41) is 11.6. The average molecular weight is 503 g/mol. The maximum absolute atomic E-state index is 13.4. The molecule has 1 aliphatic rings. The number of rotatable bonds is 6. The number of para-hydroxylation sites is 1. The third-order valence-corrected chi connectivity index (χ3v) is 7.05. The van der Waals surface area contributed by atoms with Crippen molar-refractivity contribution in [3.05, 3.63) is 83.4 Å². The molecule has 1 N–H and O–H groups in total. The molecule has 1 aliphatic heterocycles. The first-order valence-corrected chi connectivity index (χ1v) is 11.8. The molecule has 1 aromatic heterocycles. The van der Waals surface area contributed by atoms with Gasteiger partial charge in [-0.15, -0.1) is 0 Å². The monoisotopic (exact) mass is 502 g/mol. The number of benzene rings is 3. The van der Waals surface area contributed by atoms with E-state index in [0.29, 0.717) is 39.0 Å². The number of Topliss-reactive ketones (excluding diaryl/α,β-unsaturated/α-hetero) is 1. The highest BCUT2D eigenvalue weighted by atomic mass is 32.1. The number of thiazole rings is 1. The molecule has 1 atom stereocenters. The summed E-state index contributed by atoms with van der Waals surface area (Å²) in [6.45, 7) is 0. The number of fused-ring (bicyclic) bond motifs is 1. The number of hydrogen-bond acceptors (Lipinski definition) is 8. The minimum absolute atomic E-state index is 0.0495. The first-order chi connectivity index (χ1) is 17.5. The Labute approximate surface area is 211 Å². The number of nitrogens with zero attached hydrogens (tertiary/aromatic N) is 2.